The summed E-state index contributed by atoms with van der Waals surface area (Å²) in [7, 11) is 3.20. The zero-order valence-electron chi connectivity index (χ0n) is 13.0. The second-order valence-corrected chi connectivity index (χ2v) is 5.21. The van der Waals surface area contributed by atoms with Crippen molar-refractivity contribution in [2.24, 2.45) is 5.92 Å². The van der Waals surface area contributed by atoms with Crippen molar-refractivity contribution in [1.29, 1.82) is 0 Å². The molecule has 1 N–H and O–H groups in total. The van der Waals surface area contributed by atoms with Gasteiger partial charge in [0.05, 0.1) is 18.7 Å². The van der Waals surface area contributed by atoms with Crippen LogP contribution in [0.5, 0.6) is 5.75 Å². The van der Waals surface area contributed by atoms with Crippen LogP contribution >= 0.6 is 0 Å². The van der Waals surface area contributed by atoms with E-state index >= 15 is 0 Å². The van der Waals surface area contributed by atoms with Crippen LogP contribution in [0.1, 0.15) is 12.8 Å². The van der Waals surface area contributed by atoms with Gasteiger partial charge in [-0.2, -0.15) is 0 Å². The number of nitrogens with zero attached hydrogens (tertiary/aromatic N) is 1. The summed E-state index contributed by atoms with van der Waals surface area (Å²) in [6, 6.07) is 7.34. The highest BCUT2D eigenvalue weighted by molar-refractivity contribution is 6.01. The molecule has 0 spiro atoms. The highest BCUT2D eigenvalue weighted by atomic mass is 16.5. The van der Waals surface area contributed by atoms with E-state index in [1.54, 1.807) is 25.2 Å². The SMILES string of the molecule is COCCCNC(=O)C1CC(=O)N(c2ccccc2OC)C1. The summed E-state index contributed by atoms with van der Waals surface area (Å²) in [5, 5.41) is 2.85. The molecule has 0 radical (unpaired) electrons. The molecular weight excluding hydrogens is 284 g/mol. The first-order valence-corrected chi connectivity index (χ1v) is 7.37. The van der Waals surface area contributed by atoms with Crippen LogP contribution in [0.25, 0.3) is 0 Å². The van der Waals surface area contributed by atoms with Gasteiger partial charge < -0.3 is 19.7 Å². The third kappa shape index (κ3) is 3.76. The van der Waals surface area contributed by atoms with Gasteiger partial charge in [-0.3, -0.25) is 9.59 Å². The Morgan fingerprint density at radius 3 is 2.86 bits per heavy atom. The van der Waals surface area contributed by atoms with Gasteiger partial charge in [0.25, 0.3) is 0 Å². The predicted molar refractivity (Wildman–Crippen MR) is 83.0 cm³/mol. The van der Waals surface area contributed by atoms with Crippen molar-refractivity contribution in [3.63, 3.8) is 0 Å². The number of hydrogen-bond donors (Lipinski definition) is 1. The van der Waals surface area contributed by atoms with Crippen LogP contribution in [-0.4, -0.2) is 45.7 Å². The van der Waals surface area contributed by atoms with Gasteiger partial charge in [-0.15, -0.1) is 0 Å². The topological polar surface area (TPSA) is 67.9 Å². The summed E-state index contributed by atoms with van der Waals surface area (Å²) in [5.74, 6) is 0.181. The average Bonchev–Trinajstić information content (AvgIpc) is 2.93. The Bertz CT molecular complexity index is 533. The maximum Gasteiger partial charge on any atom is 0.227 e. The van der Waals surface area contributed by atoms with Gasteiger partial charge in [-0.25, -0.2) is 0 Å². The lowest BCUT2D eigenvalue weighted by atomic mass is 10.1. The Labute approximate surface area is 130 Å². The van der Waals surface area contributed by atoms with Gasteiger partial charge in [0.15, 0.2) is 0 Å². The molecule has 2 rings (SSSR count). The van der Waals surface area contributed by atoms with E-state index in [1.165, 1.54) is 0 Å². The maximum atomic E-state index is 12.2. The lowest BCUT2D eigenvalue weighted by Crippen LogP contribution is -2.33. The minimum Gasteiger partial charge on any atom is -0.495 e. The van der Waals surface area contributed by atoms with Gasteiger partial charge in [-0.05, 0) is 18.6 Å². The van der Waals surface area contributed by atoms with E-state index in [9.17, 15) is 9.59 Å². The molecule has 2 amide bonds. The summed E-state index contributed by atoms with van der Waals surface area (Å²) in [6.45, 7) is 1.55. The van der Waals surface area contributed by atoms with Gasteiger partial charge in [0.2, 0.25) is 11.8 Å². The zero-order chi connectivity index (χ0) is 15.9. The largest absolute Gasteiger partial charge is 0.495 e. The summed E-state index contributed by atoms with van der Waals surface area (Å²) < 4.78 is 10.2. The van der Waals surface area contributed by atoms with Gasteiger partial charge >= 0.3 is 0 Å². The molecule has 6 heteroatoms. The number of ether oxygens (including phenoxy) is 2. The van der Waals surface area contributed by atoms with Crippen molar-refractivity contribution < 1.29 is 19.1 Å². The molecule has 1 aliphatic heterocycles. The van der Waals surface area contributed by atoms with E-state index in [0.29, 0.717) is 31.1 Å². The van der Waals surface area contributed by atoms with Gasteiger partial charge in [0, 0.05) is 33.2 Å². The molecule has 1 aliphatic rings. The average molecular weight is 306 g/mol. The molecule has 1 saturated heterocycles. The van der Waals surface area contributed by atoms with Crippen molar-refractivity contribution >= 4 is 17.5 Å². The van der Waals surface area contributed by atoms with Crippen LogP contribution in [0, 0.1) is 5.92 Å². The lowest BCUT2D eigenvalue weighted by Gasteiger charge is -2.19. The fraction of sp³-hybridized carbons (Fsp3) is 0.500. The molecule has 0 aromatic heterocycles. The third-order valence-electron chi connectivity index (χ3n) is 3.70. The monoisotopic (exact) mass is 306 g/mol. The number of anilines is 1. The Balaban J connectivity index is 1.97. The smallest absolute Gasteiger partial charge is 0.227 e. The number of methoxy groups -OCH3 is 2. The molecule has 6 nitrogen and oxygen atoms in total. The maximum absolute atomic E-state index is 12.2. The highest BCUT2D eigenvalue weighted by Crippen LogP contribution is 2.32. The molecule has 1 atom stereocenters. The van der Waals surface area contributed by atoms with Crippen molar-refractivity contribution in [2.75, 3.05) is 38.8 Å². The lowest BCUT2D eigenvalue weighted by molar-refractivity contribution is -0.126. The van der Waals surface area contributed by atoms with E-state index in [2.05, 4.69) is 5.32 Å². The number of nitrogens with one attached hydrogen (secondary N) is 1. The van der Waals surface area contributed by atoms with Crippen LogP contribution < -0.4 is 15.0 Å². The van der Waals surface area contributed by atoms with E-state index in [4.69, 9.17) is 9.47 Å². The van der Waals surface area contributed by atoms with E-state index in [-0.39, 0.29) is 24.2 Å². The van der Waals surface area contributed by atoms with Crippen molar-refractivity contribution in [3.8, 4) is 5.75 Å². The predicted octanol–water partition coefficient (Wildman–Crippen LogP) is 1.20. The van der Waals surface area contributed by atoms with Crippen LogP contribution in [0.15, 0.2) is 24.3 Å². The first-order valence-electron chi connectivity index (χ1n) is 7.37. The first kappa shape index (κ1) is 16.3. The minimum absolute atomic E-state index is 0.0541. The van der Waals surface area contributed by atoms with Crippen molar-refractivity contribution in [1.82, 2.24) is 5.32 Å². The molecule has 120 valence electrons. The second-order valence-electron chi connectivity index (χ2n) is 5.21. The number of para-hydroxylation sites is 2. The quantitative estimate of drug-likeness (QED) is 0.769. The van der Waals surface area contributed by atoms with Crippen LogP contribution in [-0.2, 0) is 14.3 Å². The Morgan fingerprint density at radius 2 is 2.14 bits per heavy atom. The Morgan fingerprint density at radius 1 is 1.36 bits per heavy atom. The van der Waals surface area contributed by atoms with Gasteiger partial charge in [-0.1, -0.05) is 12.1 Å². The van der Waals surface area contributed by atoms with Crippen LogP contribution in [0.4, 0.5) is 5.69 Å². The fourth-order valence-corrected chi connectivity index (χ4v) is 2.54. The molecule has 22 heavy (non-hydrogen) atoms. The second kappa shape index (κ2) is 7.79. The summed E-state index contributed by atoms with van der Waals surface area (Å²) in [6.07, 6.45) is 0.993. The number of amides is 2. The van der Waals surface area contributed by atoms with E-state index in [0.717, 1.165) is 6.42 Å². The Hall–Kier alpha value is -2.08. The number of rotatable bonds is 7. The molecular formula is C16H22N2O4. The molecule has 0 aliphatic carbocycles. The molecule has 1 heterocycles. The fourth-order valence-electron chi connectivity index (χ4n) is 2.54. The van der Waals surface area contributed by atoms with E-state index in [1.807, 2.05) is 18.2 Å². The minimum atomic E-state index is -0.319. The number of benzene rings is 1. The van der Waals surface area contributed by atoms with Crippen molar-refractivity contribution in [2.45, 2.75) is 12.8 Å². The number of carbonyl (C=O) groups excluding carboxylic acids is 2. The molecule has 1 unspecified atom stereocenters. The number of carbonyl (C=O) groups is 2. The molecule has 1 aromatic carbocycles. The molecule has 0 saturated carbocycles. The summed E-state index contributed by atoms with van der Waals surface area (Å²) in [5.41, 5.74) is 0.713. The number of hydrogen-bond acceptors (Lipinski definition) is 4. The summed E-state index contributed by atoms with van der Waals surface area (Å²) in [4.78, 5) is 26.0. The van der Waals surface area contributed by atoms with Gasteiger partial charge in [0.1, 0.15) is 5.75 Å². The van der Waals surface area contributed by atoms with Crippen molar-refractivity contribution in [3.05, 3.63) is 24.3 Å². The van der Waals surface area contributed by atoms with Crippen LogP contribution in [0.3, 0.4) is 0 Å². The van der Waals surface area contributed by atoms with Crippen LogP contribution in [0.2, 0.25) is 0 Å². The molecule has 1 fully saturated rings. The molecule has 0 bridgehead atoms. The normalized spacial score (nSPS) is 17.6. The third-order valence-corrected chi connectivity index (χ3v) is 3.70. The Kier molecular flexibility index (Phi) is 5.77. The summed E-state index contributed by atoms with van der Waals surface area (Å²) >= 11 is 0. The van der Waals surface area contributed by atoms with E-state index < -0.39 is 0 Å². The highest BCUT2D eigenvalue weighted by Gasteiger charge is 2.35. The standard InChI is InChI=1S/C16H22N2O4/c1-21-9-5-8-17-16(20)12-10-15(19)18(11-12)13-6-3-4-7-14(13)22-2/h3-4,6-7,12H,5,8-11H2,1-2H3,(H,17,20). The zero-order valence-corrected chi connectivity index (χ0v) is 13.0. The first-order chi connectivity index (χ1) is 10.7. The molecule has 1 aromatic rings.